The Labute approximate surface area is 129 Å². The number of hydrogen-bond acceptors (Lipinski definition) is 2. The highest BCUT2D eigenvalue weighted by Gasteiger charge is 2.32. The van der Waals surface area contributed by atoms with Crippen LogP contribution < -0.4 is 5.73 Å². The van der Waals surface area contributed by atoms with Crippen LogP contribution in [0.3, 0.4) is 0 Å². The molecule has 2 unspecified atom stereocenters. The van der Waals surface area contributed by atoms with Gasteiger partial charge >= 0.3 is 0 Å². The number of benzene rings is 1. The van der Waals surface area contributed by atoms with Crippen molar-refractivity contribution in [3.05, 3.63) is 34.6 Å². The zero-order valence-corrected chi connectivity index (χ0v) is 12.9. The number of amides is 1. The lowest BCUT2D eigenvalue weighted by Crippen LogP contribution is -2.39. The van der Waals surface area contributed by atoms with Crippen LogP contribution in [0.2, 0.25) is 5.02 Å². The van der Waals surface area contributed by atoms with Gasteiger partial charge in [0.05, 0.1) is 5.92 Å². The van der Waals surface area contributed by atoms with E-state index in [4.69, 9.17) is 17.3 Å². The van der Waals surface area contributed by atoms with Gasteiger partial charge in [-0.05, 0) is 25.0 Å². The molecule has 0 bridgehead atoms. The first kappa shape index (κ1) is 17.2. The normalized spacial score (nSPS) is 21.4. The van der Waals surface area contributed by atoms with Gasteiger partial charge in [-0.15, -0.1) is 12.4 Å². The van der Waals surface area contributed by atoms with Crippen molar-refractivity contribution >= 4 is 29.9 Å². The van der Waals surface area contributed by atoms with Crippen LogP contribution in [-0.2, 0) is 11.3 Å². The Hall–Kier alpha value is -0.840. The van der Waals surface area contributed by atoms with E-state index < -0.39 is 0 Å². The molecule has 112 valence electrons. The second-order valence-corrected chi connectivity index (χ2v) is 5.50. The number of nitrogens with two attached hydrogens (primary N) is 1. The zero-order valence-electron chi connectivity index (χ0n) is 11.3. The number of nitrogens with zero attached hydrogens (tertiary/aromatic N) is 1. The summed E-state index contributed by atoms with van der Waals surface area (Å²) in [5, 5.41) is 0.343. The van der Waals surface area contributed by atoms with Gasteiger partial charge < -0.3 is 10.6 Å². The Morgan fingerprint density at radius 3 is 2.75 bits per heavy atom. The molecule has 0 heterocycles. The molecule has 2 rings (SSSR count). The number of halogens is 3. The van der Waals surface area contributed by atoms with E-state index in [0.717, 1.165) is 19.3 Å². The highest BCUT2D eigenvalue weighted by Crippen LogP contribution is 2.27. The average Bonchev–Trinajstić information content (AvgIpc) is 2.79. The van der Waals surface area contributed by atoms with E-state index in [2.05, 4.69) is 0 Å². The Morgan fingerprint density at radius 1 is 1.50 bits per heavy atom. The molecule has 1 aliphatic rings. The van der Waals surface area contributed by atoms with Crippen molar-refractivity contribution in [3.63, 3.8) is 0 Å². The molecule has 1 saturated carbocycles. The molecule has 2 N–H and O–H groups in total. The van der Waals surface area contributed by atoms with E-state index in [1.807, 2.05) is 0 Å². The molecule has 1 amide bonds. The standard InChI is InChI=1S/C14H18ClFN2O.ClH/c1-18(14(19)9-4-2-7-13(9)17)8-10-11(15)5-3-6-12(10)16;/h3,5-6,9,13H,2,4,7-8,17H2,1H3;1H. The van der Waals surface area contributed by atoms with Gasteiger partial charge in [0, 0.05) is 30.2 Å². The minimum Gasteiger partial charge on any atom is -0.341 e. The Balaban J connectivity index is 0.00000200. The molecule has 0 spiro atoms. The second kappa shape index (κ2) is 7.25. The zero-order chi connectivity index (χ0) is 14.0. The Bertz CT molecular complexity index is 464. The molecule has 1 aromatic carbocycles. The first-order valence-corrected chi connectivity index (χ1v) is 6.82. The minimum absolute atomic E-state index is 0. The molecule has 0 aliphatic heterocycles. The fourth-order valence-electron chi connectivity index (χ4n) is 2.58. The summed E-state index contributed by atoms with van der Waals surface area (Å²) < 4.78 is 13.7. The van der Waals surface area contributed by atoms with Gasteiger partial charge in [-0.1, -0.05) is 24.1 Å². The summed E-state index contributed by atoms with van der Waals surface area (Å²) in [5.74, 6) is -0.553. The fourth-order valence-corrected chi connectivity index (χ4v) is 2.80. The summed E-state index contributed by atoms with van der Waals surface area (Å²) in [6.45, 7) is 0.174. The van der Waals surface area contributed by atoms with Crippen LogP contribution in [-0.4, -0.2) is 23.9 Å². The van der Waals surface area contributed by atoms with E-state index in [0.29, 0.717) is 10.6 Å². The second-order valence-electron chi connectivity index (χ2n) is 5.10. The summed E-state index contributed by atoms with van der Waals surface area (Å²) in [4.78, 5) is 13.8. The molecule has 6 heteroatoms. The maximum atomic E-state index is 13.7. The third kappa shape index (κ3) is 3.62. The number of carbonyl (C=O) groups excluding carboxylic acids is 1. The SMILES string of the molecule is CN(Cc1c(F)cccc1Cl)C(=O)C1CCCC1N.Cl. The van der Waals surface area contributed by atoms with Gasteiger partial charge in [-0.3, -0.25) is 4.79 Å². The van der Waals surface area contributed by atoms with Gasteiger partial charge in [0.25, 0.3) is 0 Å². The molecule has 0 saturated heterocycles. The van der Waals surface area contributed by atoms with Gasteiger partial charge in [0.2, 0.25) is 5.91 Å². The molecule has 2 atom stereocenters. The van der Waals surface area contributed by atoms with Gasteiger partial charge in [0.15, 0.2) is 0 Å². The molecule has 1 aliphatic carbocycles. The van der Waals surface area contributed by atoms with Crippen molar-refractivity contribution in [3.8, 4) is 0 Å². The molecular formula is C14H19Cl2FN2O. The van der Waals surface area contributed by atoms with Crippen LogP contribution in [0.1, 0.15) is 24.8 Å². The van der Waals surface area contributed by atoms with Crippen molar-refractivity contribution < 1.29 is 9.18 Å². The van der Waals surface area contributed by atoms with Crippen LogP contribution >= 0.6 is 24.0 Å². The summed E-state index contributed by atoms with van der Waals surface area (Å²) in [7, 11) is 1.66. The van der Waals surface area contributed by atoms with Gasteiger partial charge in [0.1, 0.15) is 5.82 Å². The molecule has 0 aromatic heterocycles. The average molecular weight is 321 g/mol. The quantitative estimate of drug-likeness (QED) is 0.930. The van der Waals surface area contributed by atoms with E-state index in [9.17, 15) is 9.18 Å². The molecule has 1 aromatic rings. The Kier molecular flexibility index (Phi) is 6.24. The van der Waals surface area contributed by atoms with Crippen LogP contribution in [0, 0.1) is 11.7 Å². The maximum Gasteiger partial charge on any atom is 0.227 e. The lowest BCUT2D eigenvalue weighted by Gasteiger charge is -2.24. The van der Waals surface area contributed by atoms with Crippen LogP contribution in [0.15, 0.2) is 18.2 Å². The van der Waals surface area contributed by atoms with Crippen molar-refractivity contribution in [1.29, 1.82) is 0 Å². The first-order valence-electron chi connectivity index (χ1n) is 6.44. The summed E-state index contributed by atoms with van der Waals surface area (Å²) in [5.41, 5.74) is 6.28. The Morgan fingerprint density at radius 2 is 2.20 bits per heavy atom. The highest BCUT2D eigenvalue weighted by molar-refractivity contribution is 6.31. The highest BCUT2D eigenvalue weighted by atomic mass is 35.5. The first-order chi connectivity index (χ1) is 9.00. The van der Waals surface area contributed by atoms with E-state index in [1.165, 1.54) is 11.0 Å². The van der Waals surface area contributed by atoms with Gasteiger partial charge in [-0.25, -0.2) is 4.39 Å². The van der Waals surface area contributed by atoms with Crippen molar-refractivity contribution in [2.24, 2.45) is 11.7 Å². The summed E-state index contributed by atoms with van der Waals surface area (Å²) in [6, 6.07) is 4.45. The molecule has 0 radical (unpaired) electrons. The van der Waals surface area contributed by atoms with Crippen molar-refractivity contribution in [2.75, 3.05) is 7.05 Å². The van der Waals surface area contributed by atoms with E-state index in [-0.39, 0.29) is 42.6 Å². The molecular weight excluding hydrogens is 302 g/mol. The predicted molar refractivity (Wildman–Crippen MR) is 80.4 cm³/mol. The molecule has 20 heavy (non-hydrogen) atoms. The monoisotopic (exact) mass is 320 g/mol. The van der Waals surface area contributed by atoms with Crippen LogP contribution in [0.4, 0.5) is 4.39 Å². The molecule has 1 fully saturated rings. The van der Waals surface area contributed by atoms with Crippen molar-refractivity contribution in [2.45, 2.75) is 31.8 Å². The van der Waals surface area contributed by atoms with E-state index >= 15 is 0 Å². The summed E-state index contributed by atoms with van der Waals surface area (Å²) in [6.07, 6.45) is 2.67. The van der Waals surface area contributed by atoms with Gasteiger partial charge in [-0.2, -0.15) is 0 Å². The minimum atomic E-state index is -0.386. The lowest BCUT2D eigenvalue weighted by molar-refractivity contribution is -0.134. The topological polar surface area (TPSA) is 46.3 Å². The third-order valence-electron chi connectivity index (χ3n) is 3.72. The molecule has 3 nitrogen and oxygen atoms in total. The lowest BCUT2D eigenvalue weighted by atomic mass is 10.0. The number of carbonyl (C=O) groups is 1. The van der Waals surface area contributed by atoms with Crippen molar-refractivity contribution in [1.82, 2.24) is 4.90 Å². The van der Waals surface area contributed by atoms with Crippen LogP contribution in [0.25, 0.3) is 0 Å². The van der Waals surface area contributed by atoms with E-state index in [1.54, 1.807) is 19.2 Å². The fraction of sp³-hybridized carbons (Fsp3) is 0.500. The smallest absolute Gasteiger partial charge is 0.227 e. The predicted octanol–water partition coefficient (Wildman–Crippen LogP) is 2.99. The number of hydrogen-bond donors (Lipinski definition) is 1. The summed E-state index contributed by atoms with van der Waals surface area (Å²) >= 11 is 5.96. The maximum absolute atomic E-state index is 13.7. The largest absolute Gasteiger partial charge is 0.341 e. The number of rotatable bonds is 3. The third-order valence-corrected chi connectivity index (χ3v) is 4.07. The van der Waals surface area contributed by atoms with Crippen LogP contribution in [0.5, 0.6) is 0 Å².